The summed E-state index contributed by atoms with van der Waals surface area (Å²) in [4.78, 5) is 23.8. The van der Waals surface area contributed by atoms with Crippen LogP contribution in [-0.2, 0) is 4.79 Å². The molecule has 2 amide bonds. The molecular formula is C17H18F6N2O4. The normalized spacial score (nSPS) is 17.4. The van der Waals surface area contributed by atoms with E-state index in [1.807, 2.05) is 0 Å². The molecule has 1 aromatic carbocycles. The smallest absolute Gasteiger partial charge is 0.422 e. The maximum absolute atomic E-state index is 12.4. The number of piperidine rings is 1. The standard InChI is InChI=1S/C17H18F6N2O4/c18-16(19,20)8-28-11-4-5-13(29-9-17(21,22)23)12(6-11)15(27)24-7-10-2-1-3-14(26)25-10/h4-6,10H,1-3,7-9H2,(H,24,27)(H,25,26). The van der Waals surface area contributed by atoms with E-state index in [1.165, 1.54) is 0 Å². The SMILES string of the molecule is O=C1CCCC(CNC(=O)c2cc(OCC(F)(F)F)ccc2OCC(F)(F)F)N1. The minimum absolute atomic E-state index is 0.00306. The average Bonchev–Trinajstić information content (AvgIpc) is 2.62. The molecule has 1 atom stereocenters. The quantitative estimate of drug-likeness (QED) is 0.655. The Morgan fingerprint density at radius 2 is 1.76 bits per heavy atom. The summed E-state index contributed by atoms with van der Waals surface area (Å²) in [6.45, 7) is -3.32. The Hall–Kier alpha value is -2.66. The molecule has 6 nitrogen and oxygen atoms in total. The summed E-state index contributed by atoms with van der Waals surface area (Å²) in [5.41, 5.74) is -0.420. The van der Waals surface area contributed by atoms with Crippen LogP contribution in [0.15, 0.2) is 18.2 Å². The number of amides is 2. The van der Waals surface area contributed by atoms with Crippen molar-refractivity contribution in [2.45, 2.75) is 37.7 Å². The summed E-state index contributed by atoms with van der Waals surface area (Å²) in [7, 11) is 0. The number of rotatable bonds is 7. The van der Waals surface area contributed by atoms with Gasteiger partial charge in [-0.3, -0.25) is 9.59 Å². The second-order valence-corrected chi connectivity index (χ2v) is 6.33. The van der Waals surface area contributed by atoms with Gasteiger partial charge in [0.05, 0.1) is 5.56 Å². The number of carbonyl (C=O) groups is 2. The largest absolute Gasteiger partial charge is 0.484 e. The summed E-state index contributed by atoms with van der Waals surface area (Å²) in [6.07, 6.45) is -7.73. The molecule has 0 aliphatic carbocycles. The van der Waals surface area contributed by atoms with Gasteiger partial charge >= 0.3 is 12.4 Å². The number of ether oxygens (including phenoxy) is 2. The fourth-order valence-corrected chi connectivity index (χ4v) is 2.57. The second-order valence-electron chi connectivity index (χ2n) is 6.33. The molecule has 1 saturated heterocycles. The monoisotopic (exact) mass is 428 g/mol. The van der Waals surface area contributed by atoms with Crippen LogP contribution in [0.3, 0.4) is 0 Å². The molecule has 0 bridgehead atoms. The number of nitrogens with one attached hydrogen (secondary N) is 2. The lowest BCUT2D eigenvalue weighted by Crippen LogP contribution is -2.46. The lowest BCUT2D eigenvalue weighted by Gasteiger charge is -2.23. The highest BCUT2D eigenvalue weighted by molar-refractivity contribution is 5.97. The molecule has 162 valence electrons. The minimum Gasteiger partial charge on any atom is -0.484 e. The molecule has 1 heterocycles. The molecule has 0 radical (unpaired) electrons. The number of carbonyl (C=O) groups excluding carboxylic acids is 2. The zero-order valence-corrected chi connectivity index (χ0v) is 15.0. The van der Waals surface area contributed by atoms with Crippen LogP contribution in [-0.4, -0.2) is 50.0 Å². The second kappa shape index (κ2) is 9.23. The van der Waals surface area contributed by atoms with Crippen LogP contribution in [0.5, 0.6) is 11.5 Å². The van der Waals surface area contributed by atoms with E-state index in [9.17, 15) is 35.9 Å². The fraction of sp³-hybridized carbons (Fsp3) is 0.529. The first-order chi connectivity index (χ1) is 13.4. The molecule has 1 aliphatic heterocycles. The molecule has 1 aliphatic rings. The Morgan fingerprint density at radius 3 is 2.38 bits per heavy atom. The Bertz CT molecular complexity index is 736. The molecule has 0 aromatic heterocycles. The van der Waals surface area contributed by atoms with Crippen molar-refractivity contribution < 1.29 is 45.4 Å². The van der Waals surface area contributed by atoms with E-state index in [-0.39, 0.29) is 24.2 Å². The summed E-state index contributed by atoms with van der Waals surface area (Å²) in [5.74, 6) is -1.89. The van der Waals surface area contributed by atoms with Crippen molar-refractivity contribution >= 4 is 11.8 Å². The van der Waals surface area contributed by atoms with Crippen LogP contribution < -0.4 is 20.1 Å². The maximum atomic E-state index is 12.4. The van der Waals surface area contributed by atoms with Crippen LogP contribution in [0.1, 0.15) is 29.6 Å². The van der Waals surface area contributed by atoms with Gasteiger partial charge in [-0.15, -0.1) is 0 Å². The van der Waals surface area contributed by atoms with Crippen LogP contribution in [0.2, 0.25) is 0 Å². The van der Waals surface area contributed by atoms with Crippen molar-refractivity contribution in [2.75, 3.05) is 19.8 Å². The Morgan fingerprint density at radius 1 is 1.10 bits per heavy atom. The first-order valence-corrected chi connectivity index (χ1v) is 8.54. The van der Waals surface area contributed by atoms with E-state index in [1.54, 1.807) is 0 Å². The van der Waals surface area contributed by atoms with Crippen molar-refractivity contribution in [3.8, 4) is 11.5 Å². The molecule has 0 saturated carbocycles. The number of alkyl halides is 6. The van der Waals surface area contributed by atoms with Gasteiger partial charge in [-0.2, -0.15) is 26.3 Å². The van der Waals surface area contributed by atoms with Gasteiger partial charge in [0, 0.05) is 19.0 Å². The van der Waals surface area contributed by atoms with Gasteiger partial charge in [-0.1, -0.05) is 0 Å². The number of hydrogen-bond donors (Lipinski definition) is 2. The number of hydrogen-bond acceptors (Lipinski definition) is 4. The van der Waals surface area contributed by atoms with Gasteiger partial charge in [0.25, 0.3) is 5.91 Å². The summed E-state index contributed by atoms with van der Waals surface area (Å²) >= 11 is 0. The lowest BCUT2D eigenvalue weighted by molar-refractivity contribution is -0.154. The van der Waals surface area contributed by atoms with Gasteiger partial charge in [0.1, 0.15) is 11.5 Å². The van der Waals surface area contributed by atoms with Crippen molar-refractivity contribution in [2.24, 2.45) is 0 Å². The molecule has 0 spiro atoms. The third kappa shape index (κ3) is 8.08. The zero-order valence-electron chi connectivity index (χ0n) is 15.0. The van der Waals surface area contributed by atoms with E-state index < -0.39 is 42.8 Å². The highest BCUT2D eigenvalue weighted by Crippen LogP contribution is 2.28. The molecule has 1 aromatic rings. The van der Waals surface area contributed by atoms with Gasteiger partial charge in [0.2, 0.25) is 5.91 Å². The Labute approximate surface area is 161 Å². The Kier molecular flexibility index (Phi) is 7.20. The highest BCUT2D eigenvalue weighted by Gasteiger charge is 2.31. The van der Waals surface area contributed by atoms with E-state index in [0.717, 1.165) is 18.2 Å². The maximum Gasteiger partial charge on any atom is 0.422 e. The number of halogens is 6. The highest BCUT2D eigenvalue weighted by atomic mass is 19.4. The summed E-state index contributed by atoms with van der Waals surface area (Å²) in [5, 5.41) is 5.08. The number of benzene rings is 1. The summed E-state index contributed by atoms with van der Waals surface area (Å²) < 4.78 is 83.3. The molecule has 1 unspecified atom stereocenters. The van der Waals surface area contributed by atoms with Crippen molar-refractivity contribution in [1.29, 1.82) is 0 Å². The topological polar surface area (TPSA) is 76.7 Å². The molecule has 12 heteroatoms. The molecule has 1 fully saturated rings. The van der Waals surface area contributed by atoms with Crippen LogP contribution in [0.4, 0.5) is 26.3 Å². The van der Waals surface area contributed by atoms with Gasteiger partial charge in [-0.05, 0) is 31.0 Å². The Balaban J connectivity index is 2.12. The van der Waals surface area contributed by atoms with Crippen molar-refractivity contribution in [3.63, 3.8) is 0 Å². The third-order valence-electron chi connectivity index (χ3n) is 3.82. The van der Waals surface area contributed by atoms with E-state index in [0.29, 0.717) is 19.3 Å². The van der Waals surface area contributed by atoms with E-state index in [2.05, 4.69) is 20.1 Å². The van der Waals surface area contributed by atoms with Gasteiger partial charge in [-0.25, -0.2) is 0 Å². The van der Waals surface area contributed by atoms with Crippen LogP contribution in [0, 0.1) is 0 Å². The molecule has 29 heavy (non-hydrogen) atoms. The van der Waals surface area contributed by atoms with Crippen molar-refractivity contribution in [1.82, 2.24) is 10.6 Å². The van der Waals surface area contributed by atoms with E-state index in [4.69, 9.17) is 0 Å². The zero-order chi connectivity index (χ0) is 21.7. The predicted octanol–water partition coefficient (Wildman–Crippen LogP) is 2.97. The minimum atomic E-state index is -4.68. The fourth-order valence-electron chi connectivity index (χ4n) is 2.57. The van der Waals surface area contributed by atoms with Crippen LogP contribution in [0.25, 0.3) is 0 Å². The van der Waals surface area contributed by atoms with Crippen molar-refractivity contribution in [3.05, 3.63) is 23.8 Å². The third-order valence-corrected chi connectivity index (χ3v) is 3.82. The molecule has 2 N–H and O–H groups in total. The van der Waals surface area contributed by atoms with Crippen LogP contribution >= 0.6 is 0 Å². The predicted molar refractivity (Wildman–Crippen MR) is 87.7 cm³/mol. The average molecular weight is 428 g/mol. The van der Waals surface area contributed by atoms with E-state index >= 15 is 0 Å². The van der Waals surface area contributed by atoms with Gasteiger partial charge in [0.15, 0.2) is 13.2 Å². The first kappa shape index (κ1) is 22.6. The molecule has 2 rings (SSSR count). The van der Waals surface area contributed by atoms with Gasteiger partial charge < -0.3 is 20.1 Å². The first-order valence-electron chi connectivity index (χ1n) is 8.54. The summed E-state index contributed by atoms with van der Waals surface area (Å²) in [6, 6.07) is 2.40. The molecular weight excluding hydrogens is 410 g/mol. The lowest BCUT2D eigenvalue weighted by atomic mass is 10.0.